The highest BCUT2D eigenvalue weighted by Gasteiger charge is 2.12. The lowest BCUT2D eigenvalue weighted by Gasteiger charge is -2.19. The number of carboxylic acids is 1. The van der Waals surface area contributed by atoms with E-state index >= 15 is 0 Å². The van der Waals surface area contributed by atoms with E-state index in [0.717, 1.165) is 17.7 Å². The molecule has 6 heteroatoms. The number of rotatable bonds is 9. The smallest absolute Gasteiger partial charge is 0.317 e. The summed E-state index contributed by atoms with van der Waals surface area (Å²) in [5, 5.41) is 13.6. The van der Waals surface area contributed by atoms with Crippen LogP contribution < -0.4 is 5.32 Å². The van der Waals surface area contributed by atoms with Gasteiger partial charge in [0.25, 0.3) is 0 Å². The number of hydrogen-bond acceptors (Lipinski definition) is 3. The second-order valence-electron chi connectivity index (χ2n) is 5.16. The number of carbonyl (C=O) groups excluding carboxylic acids is 1. The van der Waals surface area contributed by atoms with Crippen molar-refractivity contribution in [3.63, 3.8) is 0 Å². The summed E-state index contributed by atoms with van der Waals surface area (Å²) in [5.41, 5.74) is 0. The Labute approximate surface area is 130 Å². The van der Waals surface area contributed by atoms with Crippen molar-refractivity contribution in [2.75, 3.05) is 13.6 Å². The number of urea groups is 1. The van der Waals surface area contributed by atoms with Crippen LogP contribution in [0.2, 0.25) is 0 Å². The van der Waals surface area contributed by atoms with Gasteiger partial charge in [0, 0.05) is 24.9 Å². The zero-order valence-electron chi connectivity index (χ0n) is 12.7. The van der Waals surface area contributed by atoms with Crippen molar-refractivity contribution in [1.82, 2.24) is 10.2 Å². The van der Waals surface area contributed by atoms with Gasteiger partial charge < -0.3 is 15.3 Å². The third kappa shape index (κ3) is 7.13. The maximum atomic E-state index is 11.9. The molecule has 0 aliphatic heterocycles. The summed E-state index contributed by atoms with van der Waals surface area (Å²) in [7, 11) is 1.77. The van der Waals surface area contributed by atoms with E-state index in [4.69, 9.17) is 5.11 Å². The Hall–Kier alpha value is -1.56. The van der Waals surface area contributed by atoms with Gasteiger partial charge in [-0.25, -0.2) is 4.79 Å². The first-order chi connectivity index (χ1) is 10.0. The highest BCUT2D eigenvalue weighted by Crippen LogP contribution is 2.15. The molecule has 1 aromatic heterocycles. The number of carboxylic acid groups (broad SMARTS) is 1. The molecule has 0 aromatic carbocycles. The van der Waals surface area contributed by atoms with Crippen molar-refractivity contribution in [2.24, 2.45) is 5.92 Å². The molecule has 1 atom stereocenters. The van der Waals surface area contributed by atoms with Crippen LogP contribution in [0.15, 0.2) is 17.5 Å². The van der Waals surface area contributed by atoms with E-state index in [2.05, 4.69) is 12.2 Å². The Bertz CT molecular complexity index is 434. The van der Waals surface area contributed by atoms with E-state index in [1.807, 2.05) is 17.5 Å². The molecule has 21 heavy (non-hydrogen) atoms. The maximum absolute atomic E-state index is 11.9. The second kappa shape index (κ2) is 9.39. The molecular formula is C15H24N2O3S. The van der Waals surface area contributed by atoms with Crippen LogP contribution in [0.4, 0.5) is 4.79 Å². The summed E-state index contributed by atoms with van der Waals surface area (Å²) in [5.74, 6) is -0.405. The molecule has 0 fully saturated rings. The molecule has 0 aliphatic carbocycles. The first kappa shape index (κ1) is 17.5. The van der Waals surface area contributed by atoms with Gasteiger partial charge in [0.1, 0.15) is 0 Å². The van der Waals surface area contributed by atoms with Gasteiger partial charge in [-0.2, -0.15) is 0 Å². The van der Waals surface area contributed by atoms with E-state index < -0.39 is 5.97 Å². The first-order valence-corrected chi connectivity index (χ1v) is 8.14. The minimum atomic E-state index is -0.756. The van der Waals surface area contributed by atoms with E-state index in [1.54, 1.807) is 23.3 Å². The summed E-state index contributed by atoms with van der Waals surface area (Å²) >= 11 is 1.63. The monoisotopic (exact) mass is 312 g/mol. The average molecular weight is 312 g/mol. The molecule has 0 radical (unpaired) electrons. The van der Waals surface area contributed by atoms with Crippen LogP contribution in [-0.4, -0.2) is 35.6 Å². The van der Waals surface area contributed by atoms with E-state index in [-0.39, 0.29) is 12.5 Å². The number of carbonyl (C=O) groups is 2. The quantitative estimate of drug-likeness (QED) is 0.736. The molecule has 1 unspecified atom stereocenters. The van der Waals surface area contributed by atoms with Gasteiger partial charge in [0.05, 0.1) is 6.54 Å². The van der Waals surface area contributed by atoms with Gasteiger partial charge in [-0.05, 0) is 30.2 Å². The van der Waals surface area contributed by atoms with Crippen LogP contribution in [0.3, 0.4) is 0 Å². The van der Waals surface area contributed by atoms with Crippen LogP contribution >= 0.6 is 11.3 Å². The van der Waals surface area contributed by atoms with Gasteiger partial charge in [-0.15, -0.1) is 11.3 Å². The van der Waals surface area contributed by atoms with Gasteiger partial charge in [-0.1, -0.05) is 19.4 Å². The zero-order valence-corrected chi connectivity index (χ0v) is 13.5. The molecular weight excluding hydrogens is 288 g/mol. The Morgan fingerprint density at radius 1 is 1.43 bits per heavy atom. The Morgan fingerprint density at radius 2 is 2.19 bits per heavy atom. The minimum Gasteiger partial charge on any atom is -0.481 e. The normalized spacial score (nSPS) is 11.9. The largest absolute Gasteiger partial charge is 0.481 e. The van der Waals surface area contributed by atoms with Crippen LogP contribution in [0.5, 0.6) is 0 Å². The number of aliphatic carboxylic acids is 1. The highest BCUT2D eigenvalue weighted by molar-refractivity contribution is 7.09. The molecule has 2 N–H and O–H groups in total. The standard InChI is InChI=1S/C15H24N2O3S/c1-3-12(6-7-14(18)19)8-9-16-15(20)17(2)11-13-5-4-10-21-13/h4-5,10,12H,3,6-9,11H2,1-2H3,(H,16,20)(H,18,19). The Balaban J connectivity index is 2.23. The molecule has 1 heterocycles. The molecule has 118 valence electrons. The highest BCUT2D eigenvalue weighted by atomic mass is 32.1. The van der Waals surface area contributed by atoms with Crippen molar-refractivity contribution in [3.05, 3.63) is 22.4 Å². The van der Waals surface area contributed by atoms with Crippen LogP contribution in [0.25, 0.3) is 0 Å². The SMILES string of the molecule is CCC(CCNC(=O)N(C)Cc1cccs1)CCC(=O)O. The zero-order chi connectivity index (χ0) is 15.7. The lowest BCUT2D eigenvalue weighted by molar-refractivity contribution is -0.137. The summed E-state index contributed by atoms with van der Waals surface area (Å²) in [6.07, 6.45) is 2.63. The molecule has 0 spiro atoms. The summed E-state index contributed by atoms with van der Waals surface area (Å²) < 4.78 is 0. The third-order valence-electron chi connectivity index (χ3n) is 3.49. The molecule has 0 aliphatic rings. The van der Waals surface area contributed by atoms with Gasteiger partial charge in [0.2, 0.25) is 0 Å². The van der Waals surface area contributed by atoms with E-state index in [0.29, 0.717) is 25.4 Å². The minimum absolute atomic E-state index is 0.0866. The van der Waals surface area contributed by atoms with E-state index in [9.17, 15) is 9.59 Å². The maximum Gasteiger partial charge on any atom is 0.317 e. The van der Waals surface area contributed by atoms with Gasteiger partial charge in [-0.3, -0.25) is 4.79 Å². The number of nitrogens with one attached hydrogen (secondary N) is 1. The predicted octanol–water partition coefficient (Wildman–Crippen LogP) is 3.17. The lowest BCUT2D eigenvalue weighted by Crippen LogP contribution is -2.37. The Morgan fingerprint density at radius 3 is 2.76 bits per heavy atom. The Kier molecular flexibility index (Phi) is 7.82. The second-order valence-corrected chi connectivity index (χ2v) is 6.19. The topological polar surface area (TPSA) is 69.6 Å². The number of thiophene rings is 1. The van der Waals surface area contributed by atoms with Crippen molar-refractivity contribution in [3.8, 4) is 0 Å². The molecule has 1 rings (SSSR count). The lowest BCUT2D eigenvalue weighted by atomic mass is 9.97. The first-order valence-electron chi connectivity index (χ1n) is 7.26. The summed E-state index contributed by atoms with van der Waals surface area (Å²) in [6, 6.07) is 3.89. The predicted molar refractivity (Wildman–Crippen MR) is 84.5 cm³/mol. The molecule has 1 aromatic rings. The van der Waals surface area contributed by atoms with Crippen LogP contribution in [-0.2, 0) is 11.3 Å². The van der Waals surface area contributed by atoms with Crippen LogP contribution in [0.1, 0.15) is 37.5 Å². The number of hydrogen-bond donors (Lipinski definition) is 2. The van der Waals surface area contributed by atoms with Crippen LogP contribution in [0, 0.1) is 5.92 Å². The molecule has 5 nitrogen and oxygen atoms in total. The summed E-state index contributed by atoms with van der Waals surface area (Å²) in [6.45, 7) is 3.25. The molecule has 0 bridgehead atoms. The van der Waals surface area contributed by atoms with Gasteiger partial charge in [0.15, 0.2) is 0 Å². The van der Waals surface area contributed by atoms with Crippen molar-refractivity contribution in [1.29, 1.82) is 0 Å². The van der Waals surface area contributed by atoms with E-state index in [1.165, 1.54) is 0 Å². The molecule has 0 saturated carbocycles. The summed E-state index contributed by atoms with van der Waals surface area (Å²) in [4.78, 5) is 25.3. The fourth-order valence-electron chi connectivity index (χ4n) is 2.11. The molecule has 0 saturated heterocycles. The third-order valence-corrected chi connectivity index (χ3v) is 4.35. The van der Waals surface area contributed by atoms with Crippen molar-refractivity contribution >= 4 is 23.3 Å². The molecule has 2 amide bonds. The average Bonchev–Trinajstić information content (AvgIpc) is 2.94. The fraction of sp³-hybridized carbons (Fsp3) is 0.600. The number of amides is 2. The van der Waals surface area contributed by atoms with Crippen molar-refractivity contribution in [2.45, 2.75) is 39.2 Å². The van der Waals surface area contributed by atoms with Gasteiger partial charge >= 0.3 is 12.0 Å². The fourth-order valence-corrected chi connectivity index (χ4v) is 2.86. The number of nitrogens with zero attached hydrogens (tertiary/aromatic N) is 1. The van der Waals surface area contributed by atoms with Crippen molar-refractivity contribution < 1.29 is 14.7 Å².